The molecule has 1 aromatic rings. The van der Waals surface area contributed by atoms with Crippen molar-refractivity contribution in [1.29, 1.82) is 0 Å². The van der Waals surface area contributed by atoms with Gasteiger partial charge < -0.3 is 9.94 Å². The summed E-state index contributed by atoms with van der Waals surface area (Å²) in [5.74, 6) is 4.46. The quantitative estimate of drug-likeness (QED) is 0.268. The normalized spacial score (nSPS) is 9.56. The van der Waals surface area contributed by atoms with Gasteiger partial charge in [-0.05, 0) is 24.6 Å². The number of hydrogen-bond donors (Lipinski definition) is 1. The maximum Gasteiger partial charge on any atom is 0.384 e. The van der Waals surface area contributed by atoms with Crippen LogP contribution in [-0.4, -0.2) is 24.0 Å². The van der Waals surface area contributed by atoms with Gasteiger partial charge in [0.2, 0.25) is 0 Å². The Balaban J connectivity index is 2.81. The van der Waals surface area contributed by atoms with Crippen LogP contribution in [0.3, 0.4) is 0 Å². The highest BCUT2D eigenvalue weighted by atomic mass is 16.5. The summed E-state index contributed by atoms with van der Waals surface area (Å²) in [6, 6.07) is 6.97. The summed E-state index contributed by atoms with van der Waals surface area (Å²) in [6.07, 6.45) is 1.29. The summed E-state index contributed by atoms with van der Waals surface area (Å²) < 4.78 is 4.66. The van der Waals surface area contributed by atoms with Gasteiger partial charge in [0.15, 0.2) is 0 Å². The number of oxime groups is 1. The Bertz CT molecular complexity index is 455. The first kappa shape index (κ1) is 11.8. The van der Waals surface area contributed by atoms with Gasteiger partial charge in [-0.15, -0.1) is 0 Å². The van der Waals surface area contributed by atoms with E-state index >= 15 is 0 Å². The first-order valence-corrected chi connectivity index (χ1v) is 4.72. The fourth-order valence-corrected chi connectivity index (χ4v) is 1.05. The Kier molecular flexibility index (Phi) is 4.61. The zero-order chi connectivity index (χ0) is 11.8. The van der Waals surface area contributed by atoms with Crippen LogP contribution in [0.25, 0.3) is 0 Å². The molecule has 0 bridgehead atoms. The summed E-state index contributed by atoms with van der Waals surface area (Å²) >= 11 is 0. The summed E-state index contributed by atoms with van der Waals surface area (Å²) in [6.45, 7) is 2.03. The highest BCUT2D eigenvalue weighted by molar-refractivity contribution is 5.89. The molecule has 0 saturated heterocycles. The Labute approximate surface area is 93.5 Å². The summed E-state index contributed by atoms with van der Waals surface area (Å²) in [5.41, 5.74) is 1.36. The number of carbonyl (C=O) groups is 1. The number of hydrogen-bond acceptors (Lipinski definition) is 4. The van der Waals surface area contributed by atoms with Crippen molar-refractivity contribution in [2.45, 2.75) is 6.92 Å². The molecule has 0 heterocycles. The summed E-state index contributed by atoms with van der Waals surface area (Å²) in [4.78, 5) is 11.0. The zero-order valence-electron chi connectivity index (χ0n) is 8.80. The van der Waals surface area contributed by atoms with Crippen molar-refractivity contribution < 1.29 is 14.7 Å². The van der Waals surface area contributed by atoms with Gasteiger partial charge in [0.1, 0.15) is 0 Å². The fraction of sp³-hybridized carbons (Fsp3) is 0.167. The van der Waals surface area contributed by atoms with Crippen LogP contribution in [0.1, 0.15) is 18.1 Å². The van der Waals surface area contributed by atoms with Gasteiger partial charge in [0.25, 0.3) is 0 Å². The van der Waals surface area contributed by atoms with Crippen molar-refractivity contribution in [2.75, 3.05) is 6.61 Å². The summed E-state index contributed by atoms with van der Waals surface area (Å²) in [7, 11) is 0. The van der Waals surface area contributed by atoms with Crippen molar-refractivity contribution in [3.05, 3.63) is 35.4 Å². The van der Waals surface area contributed by atoms with E-state index in [1.807, 2.05) is 0 Å². The van der Waals surface area contributed by atoms with Gasteiger partial charge in [-0.25, -0.2) is 4.79 Å². The van der Waals surface area contributed by atoms with Gasteiger partial charge in [0.05, 0.1) is 12.8 Å². The van der Waals surface area contributed by atoms with Crippen LogP contribution in [0.15, 0.2) is 29.4 Å². The topological polar surface area (TPSA) is 58.9 Å². The molecule has 0 aliphatic carbocycles. The lowest BCUT2D eigenvalue weighted by Crippen LogP contribution is -1.99. The van der Waals surface area contributed by atoms with Gasteiger partial charge in [0, 0.05) is 11.5 Å². The molecule has 0 aliphatic rings. The molecule has 0 atom stereocenters. The fourth-order valence-electron chi connectivity index (χ4n) is 1.05. The molecule has 1 rings (SSSR count). The lowest BCUT2D eigenvalue weighted by atomic mass is 10.1. The van der Waals surface area contributed by atoms with Crippen molar-refractivity contribution in [3.8, 4) is 11.8 Å². The predicted molar refractivity (Wildman–Crippen MR) is 59.3 cm³/mol. The third-order valence-electron chi connectivity index (χ3n) is 1.68. The monoisotopic (exact) mass is 217 g/mol. The minimum absolute atomic E-state index is 0.310. The van der Waals surface area contributed by atoms with Crippen LogP contribution in [0.2, 0.25) is 0 Å². The molecule has 4 heteroatoms. The molecule has 0 unspecified atom stereocenters. The van der Waals surface area contributed by atoms with Crippen molar-refractivity contribution in [1.82, 2.24) is 0 Å². The first-order chi connectivity index (χ1) is 7.76. The van der Waals surface area contributed by atoms with Crippen LogP contribution in [-0.2, 0) is 9.53 Å². The highest BCUT2D eigenvalue weighted by Gasteiger charge is 1.94. The highest BCUT2D eigenvalue weighted by Crippen LogP contribution is 2.01. The molecule has 1 N–H and O–H groups in total. The maximum atomic E-state index is 11.0. The molecule has 0 saturated carbocycles. The van der Waals surface area contributed by atoms with E-state index in [1.54, 1.807) is 31.2 Å². The molecule has 0 radical (unpaired) electrons. The lowest BCUT2D eigenvalue weighted by Gasteiger charge is -1.93. The van der Waals surface area contributed by atoms with E-state index in [-0.39, 0.29) is 0 Å². The smallest absolute Gasteiger partial charge is 0.384 e. The number of carbonyl (C=O) groups excluding carboxylic acids is 1. The van der Waals surface area contributed by atoms with Crippen LogP contribution < -0.4 is 0 Å². The average Bonchev–Trinajstić information content (AvgIpc) is 2.28. The van der Waals surface area contributed by atoms with Gasteiger partial charge in [-0.2, -0.15) is 0 Å². The standard InChI is InChI=1S/C12H11NO3/c1-2-16-12(14)7-6-10-4-3-5-11(8-10)9-13-15/h3-5,8-9,15H,2H2,1H3. The SMILES string of the molecule is CCOC(=O)C#Cc1cccc(C=NO)c1. The molecule has 0 spiro atoms. The van der Waals surface area contributed by atoms with E-state index in [1.165, 1.54) is 6.21 Å². The third-order valence-corrected chi connectivity index (χ3v) is 1.68. The Hall–Kier alpha value is -2.28. The van der Waals surface area contributed by atoms with E-state index in [0.29, 0.717) is 17.7 Å². The van der Waals surface area contributed by atoms with Crippen molar-refractivity contribution >= 4 is 12.2 Å². The van der Waals surface area contributed by atoms with Crippen molar-refractivity contribution in [3.63, 3.8) is 0 Å². The zero-order valence-corrected chi connectivity index (χ0v) is 8.80. The van der Waals surface area contributed by atoms with E-state index < -0.39 is 5.97 Å². The number of nitrogens with zero attached hydrogens (tertiary/aromatic N) is 1. The van der Waals surface area contributed by atoms with Crippen LogP contribution in [0.4, 0.5) is 0 Å². The molecule has 0 amide bonds. The molecule has 0 aromatic heterocycles. The van der Waals surface area contributed by atoms with Crippen LogP contribution in [0.5, 0.6) is 0 Å². The van der Waals surface area contributed by atoms with Gasteiger partial charge in [-0.1, -0.05) is 23.2 Å². The van der Waals surface area contributed by atoms with E-state index in [0.717, 1.165) is 0 Å². The van der Waals surface area contributed by atoms with Gasteiger partial charge in [-0.3, -0.25) is 0 Å². The Morgan fingerprint density at radius 3 is 3.12 bits per heavy atom. The molecular formula is C12H11NO3. The second-order valence-corrected chi connectivity index (χ2v) is 2.84. The molecule has 0 fully saturated rings. The van der Waals surface area contributed by atoms with Crippen LogP contribution >= 0.6 is 0 Å². The average molecular weight is 217 g/mol. The molecule has 0 aliphatic heterocycles. The Morgan fingerprint density at radius 2 is 2.44 bits per heavy atom. The molecule has 82 valence electrons. The number of esters is 1. The first-order valence-electron chi connectivity index (χ1n) is 4.72. The largest absolute Gasteiger partial charge is 0.456 e. The molecule has 1 aromatic carbocycles. The van der Waals surface area contributed by atoms with Gasteiger partial charge >= 0.3 is 5.97 Å². The molecular weight excluding hydrogens is 206 g/mol. The van der Waals surface area contributed by atoms with Crippen molar-refractivity contribution in [2.24, 2.45) is 5.16 Å². The van der Waals surface area contributed by atoms with E-state index in [9.17, 15) is 4.79 Å². The number of benzene rings is 1. The summed E-state index contributed by atoms with van der Waals surface area (Å²) in [5, 5.41) is 11.3. The minimum atomic E-state index is -0.552. The Morgan fingerprint density at radius 1 is 1.62 bits per heavy atom. The third kappa shape index (κ3) is 3.84. The van der Waals surface area contributed by atoms with E-state index in [2.05, 4.69) is 21.7 Å². The van der Waals surface area contributed by atoms with E-state index in [4.69, 9.17) is 5.21 Å². The predicted octanol–water partition coefficient (Wildman–Crippen LogP) is 1.41. The van der Waals surface area contributed by atoms with Crippen LogP contribution in [0, 0.1) is 11.8 Å². The lowest BCUT2D eigenvalue weighted by molar-refractivity contribution is -0.136. The minimum Gasteiger partial charge on any atom is -0.456 e. The molecule has 4 nitrogen and oxygen atoms in total. The molecule has 16 heavy (non-hydrogen) atoms. The maximum absolute atomic E-state index is 11.0. The second-order valence-electron chi connectivity index (χ2n) is 2.84. The second kappa shape index (κ2) is 6.25. The number of ether oxygens (including phenoxy) is 1. The number of rotatable bonds is 2.